The Labute approximate surface area is 119 Å². The number of hydrogen-bond acceptors (Lipinski definition) is 4. The first-order valence-electron chi connectivity index (χ1n) is 7.14. The maximum absolute atomic E-state index is 5.83. The number of rotatable bonds is 4. The zero-order chi connectivity index (χ0) is 13.1. The fourth-order valence-electron chi connectivity index (χ4n) is 2.83. The molecule has 2 unspecified atom stereocenters. The van der Waals surface area contributed by atoms with E-state index in [0.29, 0.717) is 0 Å². The summed E-state index contributed by atoms with van der Waals surface area (Å²) in [7, 11) is 0. The van der Waals surface area contributed by atoms with E-state index in [-0.39, 0.29) is 12.1 Å². The van der Waals surface area contributed by atoms with Crippen molar-refractivity contribution in [1.29, 1.82) is 0 Å². The minimum absolute atomic E-state index is 0.100. The third-order valence-corrected chi connectivity index (χ3v) is 5.28. The van der Waals surface area contributed by atoms with Gasteiger partial charge in [-0.25, -0.2) is 0 Å². The lowest BCUT2D eigenvalue weighted by atomic mass is 9.80. The predicted octanol–water partition coefficient (Wildman–Crippen LogP) is 2.59. The molecule has 0 radical (unpaired) electrons. The minimum Gasteiger partial charge on any atom is -0.374 e. The summed E-state index contributed by atoms with van der Waals surface area (Å²) in [6, 6.07) is 9.05. The molecule has 1 saturated carbocycles. The van der Waals surface area contributed by atoms with Gasteiger partial charge in [0.15, 0.2) is 0 Å². The fourth-order valence-corrected chi connectivity index (χ4v) is 3.74. The van der Waals surface area contributed by atoms with Gasteiger partial charge in [-0.05, 0) is 29.9 Å². The van der Waals surface area contributed by atoms with Crippen LogP contribution in [0.25, 0.3) is 0 Å². The maximum Gasteiger partial charge on any atom is 0.0873 e. The van der Waals surface area contributed by atoms with Gasteiger partial charge in [0.1, 0.15) is 0 Å². The fraction of sp³-hybridized carbons (Fsp3) is 0.600. The molecule has 3 N–H and O–H groups in total. The van der Waals surface area contributed by atoms with Crippen LogP contribution in [0.2, 0.25) is 0 Å². The average molecular weight is 278 g/mol. The van der Waals surface area contributed by atoms with Gasteiger partial charge in [0.2, 0.25) is 0 Å². The van der Waals surface area contributed by atoms with Crippen molar-refractivity contribution in [2.45, 2.75) is 37.3 Å². The van der Waals surface area contributed by atoms with E-state index in [1.165, 1.54) is 30.4 Å². The van der Waals surface area contributed by atoms with Crippen LogP contribution in [0, 0.1) is 0 Å². The normalized spacial score (nSPS) is 25.8. The SMILES string of the molecule is NNC(c1ccc(C2CCC2)cc1)C1CSCCO1. The number of nitrogens with two attached hydrogens (primary N) is 1. The van der Waals surface area contributed by atoms with Gasteiger partial charge in [0.25, 0.3) is 0 Å². The Bertz CT molecular complexity index is 399. The third-order valence-electron chi connectivity index (χ3n) is 4.27. The minimum atomic E-state index is 0.100. The summed E-state index contributed by atoms with van der Waals surface area (Å²) in [5, 5.41) is 0. The third kappa shape index (κ3) is 2.97. The van der Waals surface area contributed by atoms with Gasteiger partial charge in [-0.15, -0.1) is 0 Å². The Kier molecular flexibility index (Phi) is 4.43. The highest BCUT2D eigenvalue weighted by molar-refractivity contribution is 7.99. The largest absolute Gasteiger partial charge is 0.374 e. The Hall–Kier alpha value is -0.550. The van der Waals surface area contributed by atoms with Crippen molar-refractivity contribution in [3.05, 3.63) is 35.4 Å². The van der Waals surface area contributed by atoms with Crippen LogP contribution in [-0.4, -0.2) is 24.2 Å². The zero-order valence-corrected chi connectivity index (χ0v) is 12.0. The lowest BCUT2D eigenvalue weighted by Crippen LogP contribution is -2.41. The standard InChI is InChI=1S/C15H22N2OS/c16-17-15(14-10-19-9-8-18-14)13-6-4-12(5-7-13)11-2-1-3-11/h4-7,11,14-15,17H,1-3,8-10,16H2. The average Bonchev–Trinajstić information content (AvgIpc) is 2.41. The molecule has 19 heavy (non-hydrogen) atoms. The molecule has 1 heterocycles. The molecule has 3 rings (SSSR count). The van der Waals surface area contributed by atoms with Gasteiger partial charge in [-0.2, -0.15) is 11.8 Å². The summed E-state index contributed by atoms with van der Waals surface area (Å²) >= 11 is 1.94. The van der Waals surface area contributed by atoms with Gasteiger partial charge in [-0.3, -0.25) is 11.3 Å². The van der Waals surface area contributed by atoms with E-state index in [4.69, 9.17) is 10.6 Å². The molecular weight excluding hydrogens is 256 g/mol. The Balaban J connectivity index is 1.71. The van der Waals surface area contributed by atoms with Crippen LogP contribution in [0.4, 0.5) is 0 Å². The van der Waals surface area contributed by atoms with E-state index in [1.807, 2.05) is 11.8 Å². The number of ether oxygens (including phenoxy) is 1. The highest BCUT2D eigenvalue weighted by atomic mass is 32.2. The number of benzene rings is 1. The van der Waals surface area contributed by atoms with Gasteiger partial charge < -0.3 is 4.74 Å². The molecule has 1 aromatic rings. The summed E-state index contributed by atoms with van der Waals surface area (Å²) in [5.41, 5.74) is 5.64. The molecule has 104 valence electrons. The quantitative estimate of drug-likeness (QED) is 0.656. The number of hydrazine groups is 1. The zero-order valence-electron chi connectivity index (χ0n) is 11.2. The summed E-state index contributed by atoms with van der Waals surface area (Å²) in [6.07, 6.45) is 4.26. The van der Waals surface area contributed by atoms with Crippen LogP contribution in [0.3, 0.4) is 0 Å². The molecule has 2 atom stereocenters. The smallest absolute Gasteiger partial charge is 0.0873 e. The molecule has 1 saturated heterocycles. The van der Waals surface area contributed by atoms with Crippen LogP contribution in [0.5, 0.6) is 0 Å². The lowest BCUT2D eigenvalue weighted by Gasteiger charge is -2.30. The van der Waals surface area contributed by atoms with Gasteiger partial charge in [0.05, 0.1) is 18.8 Å². The summed E-state index contributed by atoms with van der Waals surface area (Å²) < 4.78 is 5.83. The van der Waals surface area contributed by atoms with Crippen molar-refractivity contribution >= 4 is 11.8 Å². The summed E-state index contributed by atoms with van der Waals surface area (Å²) in [6.45, 7) is 0.827. The number of nitrogens with one attached hydrogen (secondary N) is 1. The Morgan fingerprint density at radius 1 is 1.26 bits per heavy atom. The summed E-state index contributed by atoms with van der Waals surface area (Å²) in [4.78, 5) is 0. The van der Waals surface area contributed by atoms with E-state index in [2.05, 4.69) is 29.7 Å². The first-order chi connectivity index (χ1) is 9.38. The Morgan fingerprint density at radius 2 is 2.05 bits per heavy atom. The highest BCUT2D eigenvalue weighted by Gasteiger charge is 2.26. The van der Waals surface area contributed by atoms with Crippen molar-refractivity contribution < 1.29 is 4.74 Å². The highest BCUT2D eigenvalue weighted by Crippen LogP contribution is 2.36. The molecule has 1 aliphatic heterocycles. The van der Waals surface area contributed by atoms with Crippen LogP contribution < -0.4 is 11.3 Å². The molecule has 1 aromatic carbocycles. The van der Waals surface area contributed by atoms with E-state index in [9.17, 15) is 0 Å². The van der Waals surface area contributed by atoms with Crippen molar-refractivity contribution in [2.75, 3.05) is 18.1 Å². The number of hydrogen-bond donors (Lipinski definition) is 2. The molecule has 1 aliphatic carbocycles. The molecule has 2 aliphatic rings. The van der Waals surface area contributed by atoms with Gasteiger partial charge in [0, 0.05) is 11.5 Å². The summed E-state index contributed by atoms with van der Waals surface area (Å²) in [5.74, 6) is 8.63. The van der Waals surface area contributed by atoms with Crippen molar-refractivity contribution in [3.63, 3.8) is 0 Å². The second kappa shape index (κ2) is 6.27. The second-order valence-corrected chi connectivity index (χ2v) is 6.57. The van der Waals surface area contributed by atoms with Crippen LogP contribution in [0.15, 0.2) is 24.3 Å². The monoisotopic (exact) mass is 278 g/mol. The van der Waals surface area contributed by atoms with Gasteiger partial charge in [-0.1, -0.05) is 30.7 Å². The molecule has 0 aromatic heterocycles. The topological polar surface area (TPSA) is 47.3 Å². The van der Waals surface area contributed by atoms with Gasteiger partial charge >= 0.3 is 0 Å². The van der Waals surface area contributed by atoms with Crippen LogP contribution in [0.1, 0.15) is 42.3 Å². The van der Waals surface area contributed by atoms with E-state index in [0.717, 1.165) is 24.0 Å². The maximum atomic E-state index is 5.83. The van der Waals surface area contributed by atoms with Crippen molar-refractivity contribution in [1.82, 2.24) is 5.43 Å². The van der Waals surface area contributed by atoms with Crippen molar-refractivity contribution in [2.24, 2.45) is 5.84 Å². The van der Waals surface area contributed by atoms with E-state index < -0.39 is 0 Å². The van der Waals surface area contributed by atoms with Crippen LogP contribution >= 0.6 is 11.8 Å². The lowest BCUT2D eigenvalue weighted by molar-refractivity contribution is 0.0468. The van der Waals surface area contributed by atoms with Crippen LogP contribution in [-0.2, 0) is 4.74 Å². The molecule has 4 heteroatoms. The van der Waals surface area contributed by atoms with E-state index >= 15 is 0 Å². The molecule has 0 spiro atoms. The molecule has 0 bridgehead atoms. The van der Waals surface area contributed by atoms with E-state index in [1.54, 1.807) is 0 Å². The Morgan fingerprint density at radius 3 is 2.58 bits per heavy atom. The number of thioether (sulfide) groups is 1. The first-order valence-corrected chi connectivity index (χ1v) is 8.29. The molecule has 3 nitrogen and oxygen atoms in total. The molecule has 0 amide bonds. The molecule has 2 fully saturated rings. The second-order valence-electron chi connectivity index (χ2n) is 5.42. The van der Waals surface area contributed by atoms with Crippen molar-refractivity contribution in [3.8, 4) is 0 Å². The molecular formula is C15H22N2OS. The first kappa shape index (κ1) is 13.4. The predicted molar refractivity (Wildman–Crippen MR) is 80.2 cm³/mol.